The highest BCUT2D eigenvalue weighted by molar-refractivity contribution is 7.75. The Balaban J connectivity index is 2.27. The van der Waals surface area contributed by atoms with E-state index < -0.39 is 0 Å². The molecule has 1 aliphatic heterocycles. The summed E-state index contributed by atoms with van der Waals surface area (Å²) < 4.78 is 5.26. The van der Waals surface area contributed by atoms with Gasteiger partial charge in [-0.3, -0.25) is 9.59 Å². The first-order valence-corrected chi connectivity index (χ1v) is 8.11. The van der Waals surface area contributed by atoms with Crippen molar-refractivity contribution in [1.82, 2.24) is 4.90 Å². The second-order valence-electron chi connectivity index (χ2n) is 6.72. The molecule has 1 spiro atoms. The number of piperidine rings is 1. The molecule has 0 bridgehead atoms. The minimum atomic E-state index is -0.0618. The van der Waals surface area contributed by atoms with Crippen molar-refractivity contribution in [3.8, 4) is 0 Å². The highest BCUT2D eigenvalue weighted by Gasteiger charge is 2.45. The third kappa shape index (κ3) is 3.12. The van der Waals surface area contributed by atoms with Gasteiger partial charge in [-0.15, -0.1) is 0 Å². The number of hydrogen-bond donors (Lipinski definition) is 1. The summed E-state index contributed by atoms with van der Waals surface area (Å²) >= 11 is 3.97. The van der Waals surface area contributed by atoms with Gasteiger partial charge in [0.2, 0.25) is 6.41 Å². The van der Waals surface area contributed by atoms with Crippen LogP contribution in [-0.2, 0) is 13.8 Å². The van der Waals surface area contributed by atoms with Gasteiger partial charge in [0.05, 0.1) is 0 Å². The third-order valence-corrected chi connectivity index (χ3v) is 5.22. The quantitative estimate of drug-likeness (QED) is 0.493. The summed E-state index contributed by atoms with van der Waals surface area (Å²) in [6.07, 6.45) is 4.94. The first-order valence-electron chi connectivity index (χ1n) is 7.75. The lowest BCUT2D eigenvalue weighted by atomic mass is 9.64. The van der Waals surface area contributed by atoms with Gasteiger partial charge in [0.15, 0.2) is 5.78 Å². The van der Waals surface area contributed by atoms with E-state index in [1.807, 2.05) is 18.7 Å². The largest absolute Gasteiger partial charge is 0.433 e. The van der Waals surface area contributed by atoms with Crippen LogP contribution < -0.4 is 0 Å². The summed E-state index contributed by atoms with van der Waals surface area (Å²) in [6, 6.07) is 0.228. The van der Waals surface area contributed by atoms with Crippen molar-refractivity contribution in [3.05, 3.63) is 11.3 Å². The number of nitrogens with zero attached hydrogens (tertiary/aromatic N) is 1. The van der Waals surface area contributed by atoms with E-state index in [1.165, 1.54) is 0 Å². The topological polar surface area (TPSA) is 46.6 Å². The van der Waals surface area contributed by atoms with Gasteiger partial charge in [-0.2, -0.15) is 0 Å². The molecule has 2 rings (SSSR count). The molecular weight excluding hydrogens is 286 g/mol. The van der Waals surface area contributed by atoms with E-state index in [9.17, 15) is 9.59 Å². The van der Waals surface area contributed by atoms with E-state index in [2.05, 4.69) is 19.8 Å². The predicted octanol–water partition coefficient (Wildman–Crippen LogP) is 3.14. The number of ketones is 1. The molecule has 2 unspecified atom stereocenters. The van der Waals surface area contributed by atoms with Crippen LogP contribution in [0.25, 0.3) is 0 Å². The minimum absolute atomic E-state index is 0.0618. The lowest BCUT2D eigenvalue weighted by Gasteiger charge is -2.47. The van der Waals surface area contributed by atoms with Crippen molar-refractivity contribution in [2.24, 2.45) is 11.3 Å². The smallest absolute Gasteiger partial charge is 0.209 e. The average molecular weight is 311 g/mol. The average Bonchev–Trinajstić information content (AvgIpc) is 2.45. The Morgan fingerprint density at radius 2 is 2.19 bits per heavy atom. The second-order valence-corrected chi connectivity index (χ2v) is 6.90. The third-order valence-electron chi connectivity index (χ3n) is 5.00. The fourth-order valence-electron chi connectivity index (χ4n) is 3.92. The van der Waals surface area contributed by atoms with Gasteiger partial charge >= 0.3 is 0 Å². The summed E-state index contributed by atoms with van der Waals surface area (Å²) in [5.41, 5.74) is 0.731. The molecule has 0 saturated carbocycles. The van der Waals surface area contributed by atoms with Gasteiger partial charge < -0.3 is 9.08 Å². The number of rotatable bonds is 4. The van der Waals surface area contributed by atoms with Gasteiger partial charge in [0.1, 0.15) is 5.76 Å². The van der Waals surface area contributed by atoms with Crippen LogP contribution in [0.1, 0.15) is 52.9 Å². The van der Waals surface area contributed by atoms with Crippen molar-refractivity contribution < 1.29 is 13.8 Å². The first kappa shape index (κ1) is 16.4. The molecule has 1 saturated heterocycles. The summed E-state index contributed by atoms with van der Waals surface area (Å²) in [4.78, 5) is 25.6. The number of hydrogen-bond acceptors (Lipinski definition) is 4. The molecule has 2 aliphatic rings. The van der Waals surface area contributed by atoms with Crippen molar-refractivity contribution in [1.29, 1.82) is 0 Å². The molecule has 5 heteroatoms. The summed E-state index contributed by atoms with van der Waals surface area (Å²) in [6.45, 7) is 6.85. The fourth-order valence-corrected chi connectivity index (χ4v) is 4.08. The molecule has 1 fully saturated rings. The van der Waals surface area contributed by atoms with Crippen LogP contribution in [0.3, 0.4) is 0 Å². The van der Waals surface area contributed by atoms with Crippen molar-refractivity contribution in [2.45, 2.75) is 58.9 Å². The number of Topliss-reactive ketones (excluding diaryl/α,β-unsaturated/α-hetero) is 1. The van der Waals surface area contributed by atoms with Gasteiger partial charge in [-0.05, 0) is 30.6 Å². The molecule has 0 aromatic heterocycles. The van der Waals surface area contributed by atoms with Gasteiger partial charge in [0.25, 0.3) is 0 Å². The molecule has 1 amide bonds. The van der Waals surface area contributed by atoms with E-state index in [1.54, 1.807) is 0 Å². The highest BCUT2D eigenvalue weighted by atomic mass is 32.1. The first-order chi connectivity index (χ1) is 9.96. The maximum Gasteiger partial charge on any atom is 0.209 e. The SMILES string of the molecule is CCC1CC2(CCN1C=O)CC(=O)C(C(C)C)=C(OS)C2. The molecule has 0 aromatic carbocycles. The van der Waals surface area contributed by atoms with Crippen LogP contribution in [0.5, 0.6) is 0 Å². The molecule has 0 radical (unpaired) electrons. The number of thiol groups is 1. The maximum absolute atomic E-state index is 12.6. The summed E-state index contributed by atoms with van der Waals surface area (Å²) in [7, 11) is 0. The molecule has 0 aromatic rings. The summed E-state index contributed by atoms with van der Waals surface area (Å²) in [5, 5.41) is 0. The van der Waals surface area contributed by atoms with Gasteiger partial charge in [-0.25, -0.2) is 0 Å². The minimum Gasteiger partial charge on any atom is -0.433 e. The monoisotopic (exact) mass is 311 g/mol. The molecular formula is C16H25NO3S. The molecule has 0 N–H and O–H groups in total. The lowest BCUT2D eigenvalue weighted by molar-refractivity contribution is -0.126. The molecule has 4 nitrogen and oxygen atoms in total. The van der Waals surface area contributed by atoms with Gasteiger partial charge in [0, 0.05) is 43.9 Å². The van der Waals surface area contributed by atoms with Crippen LogP contribution in [-0.4, -0.2) is 29.7 Å². The van der Waals surface area contributed by atoms with E-state index in [4.69, 9.17) is 4.18 Å². The van der Waals surface area contributed by atoms with Crippen LogP contribution in [0.4, 0.5) is 0 Å². The highest BCUT2D eigenvalue weighted by Crippen LogP contribution is 2.48. The van der Waals surface area contributed by atoms with Gasteiger partial charge in [-0.1, -0.05) is 20.8 Å². The molecule has 1 aliphatic carbocycles. The zero-order valence-corrected chi connectivity index (χ0v) is 14.0. The Morgan fingerprint density at radius 1 is 1.48 bits per heavy atom. The van der Waals surface area contributed by atoms with Crippen LogP contribution >= 0.6 is 12.9 Å². The van der Waals surface area contributed by atoms with E-state index in [0.29, 0.717) is 6.42 Å². The Bertz CT molecular complexity index is 460. The number of likely N-dealkylation sites (tertiary alicyclic amines) is 1. The van der Waals surface area contributed by atoms with E-state index in [0.717, 1.165) is 50.0 Å². The lowest BCUT2D eigenvalue weighted by Crippen LogP contribution is -2.48. The van der Waals surface area contributed by atoms with E-state index >= 15 is 0 Å². The predicted molar refractivity (Wildman–Crippen MR) is 84.7 cm³/mol. The van der Waals surface area contributed by atoms with Crippen LogP contribution in [0.15, 0.2) is 11.3 Å². The summed E-state index contributed by atoms with van der Waals surface area (Å²) in [5.74, 6) is 1.09. The van der Waals surface area contributed by atoms with Crippen LogP contribution in [0, 0.1) is 11.3 Å². The standard InChI is InChI=1S/C16H25NO3S/c1-4-12-7-16(5-6-17(12)10-18)8-13(19)15(11(2)3)14(9-16)20-21/h10-12,21H,4-9H2,1-3H3. The Hall–Kier alpha value is -0.970. The molecule has 1 heterocycles. The number of carbonyl (C=O) groups excluding carboxylic acids is 2. The molecule has 118 valence electrons. The Labute approximate surface area is 132 Å². The molecule has 21 heavy (non-hydrogen) atoms. The number of amides is 1. The van der Waals surface area contributed by atoms with Crippen LogP contribution in [0.2, 0.25) is 0 Å². The normalized spacial score (nSPS) is 30.2. The maximum atomic E-state index is 12.6. The van der Waals surface area contributed by atoms with E-state index in [-0.39, 0.29) is 23.2 Å². The second kappa shape index (κ2) is 6.42. The van der Waals surface area contributed by atoms with Crippen molar-refractivity contribution >= 4 is 25.1 Å². The Morgan fingerprint density at radius 3 is 2.71 bits per heavy atom. The Kier molecular flexibility index (Phi) is 5.02. The van der Waals surface area contributed by atoms with Crippen molar-refractivity contribution in [2.75, 3.05) is 6.54 Å². The zero-order valence-electron chi connectivity index (χ0n) is 13.1. The zero-order chi connectivity index (χ0) is 15.6. The molecule has 2 atom stereocenters. The number of carbonyl (C=O) groups is 2. The van der Waals surface area contributed by atoms with Crippen molar-refractivity contribution in [3.63, 3.8) is 0 Å². The number of allylic oxidation sites excluding steroid dienone is 2. The fraction of sp³-hybridized carbons (Fsp3) is 0.750.